The van der Waals surface area contributed by atoms with Gasteiger partial charge in [-0.3, -0.25) is 0 Å². The van der Waals surface area contributed by atoms with E-state index in [-0.39, 0.29) is 5.92 Å². The lowest BCUT2D eigenvalue weighted by Gasteiger charge is -2.42. The summed E-state index contributed by atoms with van der Waals surface area (Å²) < 4.78 is 12.4. The molecule has 192 valence electrons. The Morgan fingerprint density at radius 3 is 1.71 bits per heavy atom. The van der Waals surface area contributed by atoms with Crippen LogP contribution in [0.2, 0.25) is 10.0 Å². The molecule has 0 saturated heterocycles. The summed E-state index contributed by atoms with van der Waals surface area (Å²) in [6.45, 7) is 3.95. The molecule has 4 aromatic rings. The van der Waals surface area contributed by atoms with E-state index in [9.17, 15) is 9.59 Å². The summed E-state index contributed by atoms with van der Waals surface area (Å²) in [6, 6.07) is 28.9. The Labute approximate surface area is 232 Å². The van der Waals surface area contributed by atoms with Crippen LogP contribution in [0.15, 0.2) is 97.1 Å². The van der Waals surface area contributed by atoms with E-state index in [4.69, 9.17) is 32.7 Å². The molecule has 6 heteroatoms. The summed E-state index contributed by atoms with van der Waals surface area (Å²) in [4.78, 5) is 26.7. The highest BCUT2D eigenvalue weighted by molar-refractivity contribution is 6.31. The maximum Gasteiger partial charge on any atom is 0.338 e. The molecule has 0 spiro atoms. The molecule has 4 aromatic carbocycles. The molecule has 0 bridgehead atoms. The maximum atomic E-state index is 13.4. The lowest BCUT2D eigenvalue weighted by Crippen LogP contribution is -2.46. The number of ether oxygens (including phenoxy) is 2. The fraction of sp³-hybridized carbons (Fsp3) is 0.188. The van der Waals surface area contributed by atoms with Gasteiger partial charge in [0.1, 0.15) is 6.10 Å². The van der Waals surface area contributed by atoms with Crippen LogP contribution in [0.1, 0.15) is 61.7 Å². The summed E-state index contributed by atoms with van der Waals surface area (Å²) in [7, 11) is 0. The number of esters is 2. The molecule has 0 aliphatic heterocycles. The molecule has 4 unspecified atom stereocenters. The molecule has 0 amide bonds. The van der Waals surface area contributed by atoms with E-state index in [0.717, 1.165) is 22.3 Å². The van der Waals surface area contributed by atoms with Gasteiger partial charge in [-0.1, -0.05) is 78.7 Å². The van der Waals surface area contributed by atoms with Crippen molar-refractivity contribution in [2.75, 3.05) is 0 Å². The van der Waals surface area contributed by atoms with Crippen LogP contribution in [0.25, 0.3) is 0 Å². The van der Waals surface area contributed by atoms with E-state index in [1.54, 1.807) is 48.5 Å². The Morgan fingerprint density at radius 2 is 1.13 bits per heavy atom. The SMILES string of the molecule is Cc1ccc(Cl)cc1C1c2ccc(Cl)cc2C(C)C(OC(=O)c2ccccc2)C1OC(=O)c1ccccc1. The first-order valence-corrected chi connectivity index (χ1v) is 13.2. The minimum absolute atomic E-state index is 0.305. The van der Waals surface area contributed by atoms with Gasteiger partial charge in [0, 0.05) is 16.0 Å². The zero-order valence-electron chi connectivity index (χ0n) is 20.9. The van der Waals surface area contributed by atoms with E-state index >= 15 is 0 Å². The van der Waals surface area contributed by atoms with Crippen LogP contribution in [0.5, 0.6) is 0 Å². The maximum absolute atomic E-state index is 13.4. The quantitative estimate of drug-likeness (QED) is 0.239. The van der Waals surface area contributed by atoms with Gasteiger partial charge in [-0.25, -0.2) is 9.59 Å². The van der Waals surface area contributed by atoms with Crippen molar-refractivity contribution >= 4 is 35.1 Å². The highest BCUT2D eigenvalue weighted by Gasteiger charge is 2.47. The molecule has 0 N–H and O–H groups in total. The summed E-state index contributed by atoms with van der Waals surface area (Å²) >= 11 is 12.9. The second-order valence-corrected chi connectivity index (χ2v) is 10.4. The van der Waals surface area contributed by atoms with Gasteiger partial charge in [0.2, 0.25) is 0 Å². The van der Waals surface area contributed by atoms with Crippen LogP contribution >= 0.6 is 23.2 Å². The summed E-state index contributed by atoms with van der Waals surface area (Å²) in [5, 5.41) is 1.13. The van der Waals surface area contributed by atoms with E-state index in [2.05, 4.69) is 0 Å². The van der Waals surface area contributed by atoms with Crippen molar-refractivity contribution < 1.29 is 19.1 Å². The molecule has 4 nitrogen and oxygen atoms in total. The second-order valence-electron chi connectivity index (χ2n) is 9.51. The third-order valence-corrected chi connectivity index (χ3v) is 7.57. The van der Waals surface area contributed by atoms with Crippen molar-refractivity contribution in [2.24, 2.45) is 0 Å². The topological polar surface area (TPSA) is 52.6 Å². The zero-order chi connectivity index (χ0) is 26.8. The largest absolute Gasteiger partial charge is 0.454 e. The predicted molar refractivity (Wildman–Crippen MR) is 149 cm³/mol. The number of benzene rings is 4. The van der Waals surface area contributed by atoms with Gasteiger partial charge in [0.05, 0.1) is 17.0 Å². The Hall–Kier alpha value is -3.60. The molecule has 0 radical (unpaired) electrons. The minimum atomic E-state index is -0.823. The van der Waals surface area contributed by atoms with Crippen molar-refractivity contribution in [3.8, 4) is 0 Å². The predicted octanol–water partition coefficient (Wildman–Crippen LogP) is 8.00. The van der Waals surface area contributed by atoms with Gasteiger partial charge in [-0.2, -0.15) is 0 Å². The number of fused-ring (bicyclic) bond motifs is 1. The molecule has 1 aliphatic rings. The standard InChI is InChI=1S/C32H26Cl2O4/c1-19-13-14-23(33)17-26(19)28-25-16-15-24(34)18-27(25)20(2)29(37-31(35)21-9-5-3-6-10-21)30(28)38-32(36)22-11-7-4-8-12-22/h3-18,20,28-30H,1-2H3. The summed E-state index contributed by atoms with van der Waals surface area (Å²) in [5.74, 6) is -1.74. The highest BCUT2D eigenvalue weighted by atomic mass is 35.5. The first-order chi connectivity index (χ1) is 18.3. The van der Waals surface area contributed by atoms with Crippen LogP contribution in [0, 0.1) is 6.92 Å². The van der Waals surface area contributed by atoms with Gasteiger partial charge < -0.3 is 9.47 Å². The van der Waals surface area contributed by atoms with Gasteiger partial charge in [0.25, 0.3) is 0 Å². The molecule has 0 fully saturated rings. The minimum Gasteiger partial charge on any atom is -0.454 e. The number of rotatable bonds is 5. The van der Waals surface area contributed by atoms with Crippen molar-refractivity contribution in [1.82, 2.24) is 0 Å². The monoisotopic (exact) mass is 544 g/mol. The molecule has 5 rings (SSSR count). The highest BCUT2D eigenvalue weighted by Crippen LogP contribution is 2.47. The molecular weight excluding hydrogens is 519 g/mol. The Morgan fingerprint density at radius 1 is 0.632 bits per heavy atom. The average molecular weight is 545 g/mol. The Balaban J connectivity index is 1.66. The number of carbonyl (C=O) groups excluding carboxylic acids is 2. The van der Waals surface area contributed by atoms with Gasteiger partial charge in [-0.05, 0) is 77.7 Å². The molecule has 0 aromatic heterocycles. The number of aryl methyl sites for hydroxylation is 1. The summed E-state index contributed by atoms with van der Waals surface area (Å²) in [5.41, 5.74) is 4.57. The number of hydrogen-bond donors (Lipinski definition) is 0. The third kappa shape index (κ3) is 5.20. The molecule has 4 atom stereocenters. The fourth-order valence-electron chi connectivity index (χ4n) is 5.18. The van der Waals surface area contributed by atoms with E-state index < -0.39 is 30.1 Å². The molecular formula is C32H26Cl2O4. The van der Waals surface area contributed by atoms with Gasteiger partial charge in [0.15, 0.2) is 6.10 Å². The number of hydrogen-bond acceptors (Lipinski definition) is 4. The van der Waals surface area contributed by atoms with Gasteiger partial charge >= 0.3 is 11.9 Å². The van der Waals surface area contributed by atoms with Crippen LogP contribution < -0.4 is 0 Å². The smallest absolute Gasteiger partial charge is 0.338 e. The third-order valence-electron chi connectivity index (χ3n) is 7.10. The van der Waals surface area contributed by atoms with Crippen LogP contribution in [-0.2, 0) is 9.47 Å². The second kappa shape index (κ2) is 11.0. The average Bonchev–Trinajstić information content (AvgIpc) is 2.93. The van der Waals surface area contributed by atoms with Crippen LogP contribution in [0.3, 0.4) is 0 Å². The lowest BCUT2D eigenvalue weighted by molar-refractivity contribution is -0.0532. The van der Waals surface area contributed by atoms with Crippen molar-refractivity contribution in [2.45, 2.75) is 37.9 Å². The first kappa shape index (κ1) is 26.0. The Bertz CT molecular complexity index is 1470. The number of halogens is 2. The number of carbonyl (C=O) groups is 2. The van der Waals surface area contributed by atoms with E-state index in [0.29, 0.717) is 21.2 Å². The molecule has 0 saturated carbocycles. The van der Waals surface area contributed by atoms with Crippen molar-refractivity contribution in [3.05, 3.63) is 140 Å². The van der Waals surface area contributed by atoms with Gasteiger partial charge in [-0.15, -0.1) is 0 Å². The van der Waals surface area contributed by atoms with Crippen molar-refractivity contribution in [1.29, 1.82) is 0 Å². The first-order valence-electron chi connectivity index (χ1n) is 12.4. The Kier molecular flexibility index (Phi) is 7.55. The molecule has 0 heterocycles. The molecule has 1 aliphatic carbocycles. The fourth-order valence-corrected chi connectivity index (χ4v) is 5.54. The van der Waals surface area contributed by atoms with Crippen molar-refractivity contribution in [3.63, 3.8) is 0 Å². The van der Waals surface area contributed by atoms with Crippen LogP contribution in [0.4, 0.5) is 0 Å². The lowest BCUT2D eigenvalue weighted by atomic mass is 9.70. The van der Waals surface area contributed by atoms with Crippen LogP contribution in [-0.4, -0.2) is 24.1 Å². The normalized spacial score (nSPS) is 20.3. The van der Waals surface area contributed by atoms with E-state index in [1.165, 1.54) is 0 Å². The zero-order valence-corrected chi connectivity index (χ0v) is 22.4. The summed E-state index contributed by atoms with van der Waals surface area (Å²) in [6.07, 6.45) is -1.61. The van der Waals surface area contributed by atoms with E-state index in [1.807, 2.05) is 62.4 Å². The molecule has 38 heavy (non-hydrogen) atoms.